The van der Waals surface area contributed by atoms with Gasteiger partial charge in [0.1, 0.15) is 11.6 Å². The van der Waals surface area contributed by atoms with Gasteiger partial charge in [0.2, 0.25) is 5.91 Å². The quantitative estimate of drug-likeness (QED) is 0.327. The van der Waals surface area contributed by atoms with Crippen molar-refractivity contribution in [3.8, 4) is 0 Å². The number of benzene rings is 1. The molecule has 0 unspecified atom stereocenters. The molecule has 0 bridgehead atoms. The summed E-state index contributed by atoms with van der Waals surface area (Å²) in [5.41, 5.74) is 0.332. The van der Waals surface area contributed by atoms with Gasteiger partial charge in [-0.3, -0.25) is 14.7 Å². The van der Waals surface area contributed by atoms with Gasteiger partial charge in [0.25, 0.3) is 0 Å². The van der Waals surface area contributed by atoms with Crippen molar-refractivity contribution < 1.29 is 13.6 Å². The number of rotatable bonds is 7. The molecule has 1 aliphatic heterocycles. The van der Waals surface area contributed by atoms with E-state index in [1.54, 1.807) is 19.0 Å². The van der Waals surface area contributed by atoms with E-state index in [1.807, 2.05) is 6.92 Å². The van der Waals surface area contributed by atoms with Gasteiger partial charge in [-0.25, -0.2) is 8.78 Å². The van der Waals surface area contributed by atoms with Crippen molar-refractivity contribution in [2.45, 2.75) is 32.2 Å². The van der Waals surface area contributed by atoms with Crippen LogP contribution in [0.5, 0.6) is 0 Å². The number of hydrogen-bond acceptors (Lipinski definition) is 3. The molecule has 29 heavy (non-hydrogen) atoms. The first kappa shape index (κ1) is 25.5. The lowest BCUT2D eigenvalue weighted by molar-refractivity contribution is -0.130. The highest BCUT2D eigenvalue weighted by molar-refractivity contribution is 14.0. The molecule has 2 N–H and O–H groups in total. The lowest BCUT2D eigenvalue weighted by Gasteiger charge is -2.33. The Kier molecular flexibility index (Phi) is 11.4. The van der Waals surface area contributed by atoms with Gasteiger partial charge in [0.05, 0.1) is 6.54 Å². The van der Waals surface area contributed by atoms with E-state index < -0.39 is 11.6 Å². The average Bonchev–Trinajstić information content (AvgIpc) is 2.66. The fraction of sp³-hybridized carbons (Fsp3) is 0.600. The fourth-order valence-corrected chi connectivity index (χ4v) is 3.10. The van der Waals surface area contributed by atoms with E-state index in [2.05, 4.69) is 20.5 Å². The zero-order chi connectivity index (χ0) is 20.5. The highest BCUT2D eigenvalue weighted by Gasteiger charge is 2.22. The Balaban J connectivity index is 0.00000420. The van der Waals surface area contributed by atoms with E-state index in [0.717, 1.165) is 44.6 Å². The molecule has 0 spiro atoms. The van der Waals surface area contributed by atoms with Crippen LogP contribution in [-0.4, -0.2) is 74.5 Å². The van der Waals surface area contributed by atoms with Crippen molar-refractivity contribution in [2.75, 3.05) is 46.8 Å². The van der Waals surface area contributed by atoms with Crippen LogP contribution in [0.15, 0.2) is 23.2 Å². The van der Waals surface area contributed by atoms with Crippen LogP contribution in [0, 0.1) is 11.6 Å². The van der Waals surface area contributed by atoms with Gasteiger partial charge in [-0.2, -0.15) is 0 Å². The molecular formula is C20H32F2IN5O. The fourth-order valence-electron chi connectivity index (χ4n) is 3.10. The molecule has 0 aliphatic carbocycles. The first-order valence-electron chi connectivity index (χ1n) is 9.80. The Morgan fingerprint density at radius 2 is 1.97 bits per heavy atom. The highest BCUT2D eigenvalue weighted by Crippen LogP contribution is 2.11. The molecule has 1 aliphatic rings. The molecule has 9 heteroatoms. The molecule has 0 aromatic heterocycles. The van der Waals surface area contributed by atoms with Crippen LogP contribution >= 0.6 is 24.0 Å². The first-order chi connectivity index (χ1) is 13.4. The van der Waals surface area contributed by atoms with E-state index in [0.29, 0.717) is 31.0 Å². The molecule has 6 nitrogen and oxygen atoms in total. The van der Waals surface area contributed by atoms with Gasteiger partial charge in [-0.15, -0.1) is 24.0 Å². The summed E-state index contributed by atoms with van der Waals surface area (Å²) in [6.07, 6.45) is 2.18. The van der Waals surface area contributed by atoms with E-state index in [-0.39, 0.29) is 35.9 Å². The summed E-state index contributed by atoms with van der Waals surface area (Å²) in [5.74, 6) is -0.0489. The van der Waals surface area contributed by atoms with E-state index in [9.17, 15) is 13.6 Å². The number of carbonyl (C=O) groups is 1. The third-order valence-electron chi connectivity index (χ3n) is 4.79. The van der Waals surface area contributed by atoms with Crippen LogP contribution < -0.4 is 10.6 Å². The van der Waals surface area contributed by atoms with Gasteiger partial charge in [0, 0.05) is 46.3 Å². The maximum Gasteiger partial charge on any atom is 0.236 e. The molecule has 0 atom stereocenters. The molecule has 0 radical (unpaired) electrons. The number of aliphatic imine (C=N–C) groups is 1. The van der Waals surface area contributed by atoms with Gasteiger partial charge in [0.15, 0.2) is 5.96 Å². The third kappa shape index (κ3) is 8.81. The lowest BCUT2D eigenvalue weighted by Crippen LogP contribution is -2.50. The van der Waals surface area contributed by atoms with Crippen LogP contribution in [0.4, 0.5) is 8.78 Å². The van der Waals surface area contributed by atoms with Crippen LogP contribution in [0.25, 0.3) is 0 Å². The number of hydrogen-bond donors (Lipinski definition) is 2. The van der Waals surface area contributed by atoms with Gasteiger partial charge >= 0.3 is 0 Å². The number of guanidine groups is 1. The number of likely N-dealkylation sites (N-methyl/N-ethyl adjacent to an activating group) is 1. The summed E-state index contributed by atoms with van der Waals surface area (Å²) in [6, 6.07) is 3.75. The van der Waals surface area contributed by atoms with E-state index in [4.69, 9.17) is 0 Å². The second kappa shape index (κ2) is 12.9. The van der Waals surface area contributed by atoms with Crippen molar-refractivity contribution in [3.05, 3.63) is 35.4 Å². The van der Waals surface area contributed by atoms with Crippen molar-refractivity contribution in [2.24, 2.45) is 4.99 Å². The van der Waals surface area contributed by atoms with Crippen molar-refractivity contribution >= 4 is 35.8 Å². The number of piperidine rings is 1. The van der Waals surface area contributed by atoms with Crippen molar-refractivity contribution in [1.29, 1.82) is 0 Å². The van der Waals surface area contributed by atoms with E-state index >= 15 is 0 Å². The Morgan fingerprint density at radius 3 is 2.59 bits per heavy atom. The molecule has 1 heterocycles. The second-order valence-electron chi connectivity index (χ2n) is 7.23. The Bertz CT molecular complexity index is 679. The summed E-state index contributed by atoms with van der Waals surface area (Å²) >= 11 is 0. The first-order valence-corrected chi connectivity index (χ1v) is 9.80. The standard InChI is InChI=1S/C20H31F2N5O.HI/c1-4-23-20(24-10-7-15-13-16(21)5-6-18(15)22)25-17-8-11-27(12-9-17)14-19(28)26(2)3;/h5-6,13,17H,4,7-12,14H2,1-3H3,(H2,23,24,25);1H. The van der Waals surface area contributed by atoms with Crippen LogP contribution in [-0.2, 0) is 11.2 Å². The predicted molar refractivity (Wildman–Crippen MR) is 123 cm³/mol. The molecule has 164 valence electrons. The Labute approximate surface area is 189 Å². The normalized spacial score (nSPS) is 15.6. The second-order valence-corrected chi connectivity index (χ2v) is 7.23. The topological polar surface area (TPSA) is 60.0 Å². The molecule has 1 saturated heterocycles. The molecule has 1 amide bonds. The minimum absolute atomic E-state index is 0. The SMILES string of the molecule is CCNC(=NCCc1cc(F)ccc1F)NC1CCN(CC(=O)N(C)C)CC1.I. The van der Waals surface area contributed by atoms with Crippen molar-refractivity contribution in [1.82, 2.24) is 20.4 Å². The third-order valence-corrected chi connectivity index (χ3v) is 4.79. The monoisotopic (exact) mass is 523 g/mol. The number of amides is 1. The summed E-state index contributed by atoms with van der Waals surface area (Å²) in [4.78, 5) is 20.1. The smallest absolute Gasteiger partial charge is 0.236 e. The summed E-state index contributed by atoms with van der Waals surface area (Å²) < 4.78 is 27.0. The maximum absolute atomic E-state index is 13.7. The summed E-state index contributed by atoms with van der Waals surface area (Å²) in [6.45, 7) is 5.23. The molecule has 2 rings (SSSR count). The molecule has 0 saturated carbocycles. The van der Waals surface area contributed by atoms with E-state index in [1.165, 1.54) is 6.07 Å². The zero-order valence-electron chi connectivity index (χ0n) is 17.4. The lowest BCUT2D eigenvalue weighted by atomic mass is 10.1. The molecule has 1 fully saturated rings. The van der Waals surface area contributed by atoms with Gasteiger partial charge < -0.3 is 15.5 Å². The summed E-state index contributed by atoms with van der Waals surface area (Å²) in [7, 11) is 3.54. The largest absolute Gasteiger partial charge is 0.357 e. The molecular weight excluding hydrogens is 491 g/mol. The molecule has 1 aromatic rings. The van der Waals surface area contributed by atoms with Crippen molar-refractivity contribution in [3.63, 3.8) is 0 Å². The predicted octanol–water partition coefficient (Wildman–Crippen LogP) is 2.23. The number of nitrogens with zero attached hydrogens (tertiary/aromatic N) is 3. The number of nitrogens with one attached hydrogen (secondary N) is 2. The number of likely N-dealkylation sites (tertiary alicyclic amines) is 1. The molecule has 1 aromatic carbocycles. The zero-order valence-corrected chi connectivity index (χ0v) is 19.7. The average molecular weight is 523 g/mol. The van der Waals surface area contributed by atoms with Crippen LogP contribution in [0.3, 0.4) is 0 Å². The van der Waals surface area contributed by atoms with Gasteiger partial charge in [-0.1, -0.05) is 0 Å². The minimum Gasteiger partial charge on any atom is -0.357 e. The number of carbonyl (C=O) groups excluding carboxylic acids is 1. The number of halogens is 3. The highest BCUT2D eigenvalue weighted by atomic mass is 127. The Morgan fingerprint density at radius 1 is 1.28 bits per heavy atom. The Hall–Kier alpha value is -1.49. The van der Waals surface area contributed by atoms with Gasteiger partial charge in [-0.05, 0) is 49.9 Å². The van der Waals surface area contributed by atoms with Crippen LogP contribution in [0.1, 0.15) is 25.3 Å². The summed E-state index contributed by atoms with van der Waals surface area (Å²) in [5, 5.41) is 6.61. The maximum atomic E-state index is 13.7. The van der Waals surface area contributed by atoms with Crippen LogP contribution in [0.2, 0.25) is 0 Å². The minimum atomic E-state index is -0.440.